The van der Waals surface area contributed by atoms with Crippen LogP contribution in [0, 0.1) is 5.82 Å². The minimum atomic E-state index is -0.0954. The summed E-state index contributed by atoms with van der Waals surface area (Å²) < 4.78 is 13.9. The van der Waals surface area contributed by atoms with Gasteiger partial charge in [0, 0.05) is 17.6 Å². The molecule has 0 spiro atoms. The number of nitrogens with zero attached hydrogens (tertiary/aromatic N) is 1. The Morgan fingerprint density at radius 3 is 2.65 bits per heavy atom. The zero-order valence-corrected chi connectivity index (χ0v) is 12.7. The Morgan fingerprint density at radius 1 is 1.30 bits per heavy atom. The minimum absolute atomic E-state index is 0.0954. The molecule has 112 valence electrons. The van der Waals surface area contributed by atoms with E-state index in [1.807, 2.05) is 12.1 Å². The molecule has 0 aliphatic heterocycles. The summed E-state index contributed by atoms with van der Waals surface area (Å²) in [4.78, 5) is 2.46. The van der Waals surface area contributed by atoms with Gasteiger partial charge in [-0.15, -0.1) is 0 Å². The molecule has 1 N–H and O–H groups in total. The monoisotopic (exact) mass is 278 g/mol. The molecule has 1 aromatic carbocycles. The Kier molecular flexibility index (Phi) is 5.99. The standard InChI is InChI=1S/C17H27FN2/c1-3-19-17(15-10-6-7-11-16(15)18)12-13-20(2)14-8-4-5-9-14/h6-7,10-11,14,17,19H,3-5,8-9,12-13H2,1-2H3. The third-order valence-electron chi connectivity index (χ3n) is 4.45. The Labute approximate surface area is 122 Å². The zero-order chi connectivity index (χ0) is 14.4. The minimum Gasteiger partial charge on any atom is -0.310 e. The molecule has 1 unspecified atom stereocenters. The van der Waals surface area contributed by atoms with E-state index in [2.05, 4.69) is 24.2 Å². The van der Waals surface area contributed by atoms with Gasteiger partial charge in [0.1, 0.15) is 5.82 Å². The summed E-state index contributed by atoms with van der Waals surface area (Å²) in [7, 11) is 2.21. The van der Waals surface area contributed by atoms with Crippen LogP contribution in [0.5, 0.6) is 0 Å². The third-order valence-corrected chi connectivity index (χ3v) is 4.45. The second kappa shape index (κ2) is 7.75. The largest absolute Gasteiger partial charge is 0.310 e. The van der Waals surface area contributed by atoms with Crippen molar-refractivity contribution in [3.05, 3.63) is 35.6 Å². The highest BCUT2D eigenvalue weighted by atomic mass is 19.1. The van der Waals surface area contributed by atoms with Crippen LogP contribution < -0.4 is 5.32 Å². The highest BCUT2D eigenvalue weighted by Crippen LogP contribution is 2.25. The maximum atomic E-state index is 13.9. The molecule has 1 aliphatic carbocycles. The van der Waals surface area contributed by atoms with Gasteiger partial charge in [0.25, 0.3) is 0 Å². The molecule has 1 aliphatic rings. The summed E-state index contributed by atoms with van der Waals surface area (Å²) in [6.07, 6.45) is 6.32. The Balaban J connectivity index is 1.93. The fraction of sp³-hybridized carbons (Fsp3) is 0.647. The summed E-state index contributed by atoms with van der Waals surface area (Å²) in [6.45, 7) is 3.97. The van der Waals surface area contributed by atoms with Gasteiger partial charge in [-0.25, -0.2) is 4.39 Å². The number of rotatable bonds is 7. The maximum Gasteiger partial charge on any atom is 0.127 e. The lowest BCUT2D eigenvalue weighted by Gasteiger charge is -2.27. The van der Waals surface area contributed by atoms with Gasteiger partial charge in [0.2, 0.25) is 0 Å². The first-order valence-electron chi connectivity index (χ1n) is 7.90. The molecule has 2 rings (SSSR count). The lowest BCUT2D eigenvalue weighted by molar-refractivity contribution is 0.231. The van der Waals surface area contributed by atoms with E-state index in [1.165, 1.54) is 25.7 Å². The van der Waals surface area contributed by atoms with Gasteiger partial charge in [-0.3, -0.25) is 0 Å². The number of nitrogens with one attached hydrogen (secondary N) is 1. The van der Waals surface area contributed by atoms with E-state index in [-0.39, 0.29) is 11.9 Å². The molecule has 2 nitrogen and oxygen atoms in total. The number of halogens is 1. The number of hydrogen-bond donors (Lipinski definition) is 1. The van der Waals surface area contributed by atoms with Crippen molar-refractivity contribution in [3.8, 4) is 0 Å². The zero-order valence-electron chi connectivity index (χ0n) is 12.7. The average Bonchev–Trinajstić information content (AvgIpc) is 2.98. The van der Waals surface area contributed by atoms with Crippen LogP contribution in [0.1, 0.15) is 50.6 Å². The first kappa shape index (κ1) is 15.5. The lowest BCUT2D eigenvalue weighted by atomic mass is 10.0. The van der Waals surface area contributed by atoms with Gasteiger partial charge in [-0.2, -0.15) is 0 Å². The molecule has 0 saturated heterocycles. The van der Waals surface area contributed by atoms with Crippen molar-refractivity contribution >= 4 is 0 Å². The lowest BCUT2D eigenvalue weighted by Crippen LogP contribution is -2.33. The van der Waals surface area contributed by atoms with Crippen molar-refractivity contribution in [2.75, 3.05) is 20.1 Å². The van der Waals surface area contributed by atoms with E-state index in [1.54, 1.807) is 12.1 Å². The molecule has 0 aromatic heterocycles. The predicted molar refractivity (Wildman–Crippen MR) is 82.3 cm³/mol. The normalized spacial score (nSPS) is 17.8. The predicted octanol–water partition coefficient (Wildman–Crippen LogP) is 3.74. The molecule has 20 heavy (non-hydrogen) atoms. The summed E-state index contributed by atoms with van der Waals surface area (Å²) in [5, 5.41) is 3.42. The highest BCUT2D eigenvalue weighted by Gasteiger charge is 2.21. The van der Waals surface area contributed by atoms with Crippen LogP contribution in [0.4, 0.5) is 4.39 Å². The average molecular weight is 278 g/mol. The van der Waals surface area contributed by atoms with Crippen molar-refractivity contribution in [3.63, 3.8) is 0 Å². The number of benzene rings is 1. The molecule has 1 saturated carbocycles. The van der Waals surface area contributed by atoms with E-state index < -0.39 is 0 Å². The van der Waals surface area contributed by atoms with E-state index in [9.17, 15) is 4.39 Å². The molecule has 1 atom stereocenters. The van der Waals surface area contributed by atoms with Gasteiger partial charge in [-0.05, 0) is 45.5 Å². The van der Waals surface area contributed by atoms with Crippen LogP contribution in [0.15, 0.2) is 24.3 Å². The molecule has 0 amide bonds. The van der Waals surface area contributed by atoms with E-state index in [4.69, 9.17) is 0 Å². The fourth-order valence-corrected chi connectivity index (χ4v) is 3.23. The topological polar surface area (TPSA) is 15.3 Å². The number of hydrogen-bond acceptors (Lipinski definition) is 2. The second-order valence-electron chi connectivity index (χ2n) is 5.84. The van der Waals surface area contributed by atoms with Crippen LogP contribution in [-0.2, 0) is 0 Å². The van der Waals surface area contributed by atoms with Crippen molar-refractivity contribution in [1.29, 1.82) is 0 Å². The van der Waals surface area contributed by atoms with E-state index in [0.29, 0.717) is 0 Å². The van der Waals surface area contributed by atoms with Crippen LogP contribution in [0.25, 0.3) is 0 Å². The van der Waals surface area contributed by atoms with Gasteiger partial charge in [-0.1, -0.05) is 38.0 Å². The molecular weight excluding hydrogens is 251 g/mol. The molecule has 0 radical (unpaired) electrons. The second-order valence-corrected chi connectivity index (χ2v) is 5.84. The van der Waals surface area contributed by atoms with Gasteiger partial charge in [0.05, 0.1) is 0 Å². The maximum absolute atomic E-state index is 13.9. The molecule has 0 bridgehead atoms. The highest BCUT2D eigenvalue weighted by molar-refractivity contribution is 5.21. The van der Waals surface area contributed by atoms with E-state index in [0.717, 1.165) is 31.1 Å². The van der Waals surface area contributed by atoms with Gasteiger partial charge < -0.3 is 10.2 Å². The third kappa shape index (κ3) is 4.03. The van der Waals surface area contributed by atoms with Crippen molar-refractivity contribution in [2.24, 2.45) is 0 Å². The summed E-state index contributed by atoms with van der Waals surface area (Å²) >= 11 is 0. The molecule has 3 heteroatoms. The van der Waals surface area contributed by atoms with Crippen molar-refractivity contribution in [2.45, 2.75) is 51.1 Å². The van der Waals surface area contributed by atoms with Crippen molar-refractivity contribution < 1.29 is 4.39 Å². The first-order valence-corrected chi connectivity index (χ1v) is 7.90. The van der Waals surface area contributed by atoms with Crippen LogP contribution >= 0.6 is 0 Å². The van der Waals surface area contributed by atoms with E-state index >= 15 is 0 Å². The van der Waals surface area contributed by atoms with Gasteiger partial charge in [0.15, 0.2) is 0 Å². The SMILES string of the molecule is CCNC(CCN(C)C1CCCC1)c1ccccc1F. The Hall–Kier alpha value is -0.930. The van der Waals surface area contributed by atoms with Crippen molar-refractivity contribution in [1.82, 2.24) is 10.2 Å². The summed E-state index contributed by atoms with van der Waals surface area (Å²) in [5.41, 5.74) is 0.800. The Bertz CT molecular complexity index is 402. The summed E-state index contributed by atoms with van der Waals surface area (Å²) in [6, 6.07) is 7.98. The molecule has 1 fully saturated rings. The smallest absolute Gasteiger partial charge is 0.127 e. The molecule has 1 aromatic rings. The molecular formula is C17H27FN2. The van der Waals surface area contributed by atoms with Gasteiger partial charge >= 0.3 is 0 Å². The quantitative estimate of drug-likeness (QED) is 0.817. The first-order chi connectivity index (χ1) is 9.72. The van der Waals surface area contributed by atoms with Crippen LogP contribution in [0.2, 0.25) is 0 Å². The van der Waals surface area contributed by atoms with Crippen LogP contribution in [0.3, 0.4) is 0 Å². The molecule has 0 heterocycles. The fourth-order valence-electron chi connectivity index (χ4n) is 3.23. The Morgan fingerprint density at radius 2 is 2.00 bits per heavy atom. The van der Waals surface area contributed by atoms with Crippen LogP contribution in [-0.4, -0.2) is 31.1 Å². The summed E-state index contributed by atoms with van der Waals surface area (Å²) in [5.74, 6) is -0.0954.